The normalized spacial score (nSPS) is 10.1. The molecular weight excluding hydrogens is 248 g/mol. The number of carbonyl (C=O) groups excluding carboxylic acids is 1. The Morgan fingerprint density at radius 2 is 2.11 bits per heavy atom. The van der Waals surface area contributed by atoms with Crippen molar-refractivity contribution in [1.29, 1.82) is 0 Å². The molecule has 0 aliphatic rings. The van der Waals surface area contributed by atoms with Gasteiger partial charge in [0.25, 0.3) is 0 Å². The predicted octanol–water partition coefficient (Wildman–Crippen LogP) is 3.84. The summed E-state index contributed by atoms with van der Waals surface area (Å²) in [6, 6.07) is 6.57. The van der Waals surface area contributed by atoms with E-state index in [4.69, 9.17) is 15.8 Å². The molecule has 0 amide bonds. The van der Waals surface area contributed by atoms with Gasteiger partial charge in [0, 0.05) is 15.5 Å². The van der Waals surface area contributed by atoms with Crippen molar-refractivity contribution < 1.29 is 9.53 Å². The maximum atomic E-state index is 11.5. The van der Waals surface area contributed by atoms with Crippen LogP contribution in [0.3, 0.4) is 0 Å². The van der Waals surface area contributed by atoms with E-state index < -0.39 is 5.97 Å². The highest BCUT2D eigenvalue weighted by molar-refractivity contribution is 5.94. The fraction of sp³-hybridized carbons (Fsp3) is 0.182. The Balaban J connectivity index is 3.26. The van der Waals surface area contributed by atoms with E-state index in [2.05, 4.69) is 20.1 Å². The molecule has 0 aliphatic carbocycles. The van der Waals surface area contributed by atoms with Gasteiger partial charge in [-0.3, -0.25) is 0 Å². The van der Waals surface area contributed by atoms with E-state index in [1.807, 2.05) is 0 Å². The monoisotopic (exact) mass is 258 g/mol. The van der Waals surface area contributed by atoms with Crippen molar-refractivity contribution in [3.8, 4) is 0 Å². The summed E-state index contributed by atoms with van der Waals surface area (Å²) < 4.78 is 4.75. The van der Waals surface area contributed by atoms with Crippen LogP contribution in [0.1, 0.15) is 12.5 Å². The Labute approximate surface area is 108 Å². The molecule has 0 N–H and O–H groups in total. The van der Waals surface area contributed by atoms with Crippen LogP contribution in [0.2, 0.25) is 0 Å². The largest absolute Gasteiger partial charge is 0.462 e. The maximum Gasteiger partial charge on any atom is 0.340 e. The topological polar surface area (TPSA) is 124 Å². The molecule has 0 unspecified atom stereocenters. The van der Waals surface area contributed by atoms with Crippen molar-refractivity contribution in [3.63, 3.8) is 0 Å². The average Bonchev–Trinajstić information content (AvgIpc) is 2.41. The van der Waals surface area contributed by atoms with Gasteiger partial charge in [-0.25, -0.2) is 4.79 Å². The molecule has 96 valence electrons. The molecule has 8 nitrogen and oxygen atoms in total. The van der Waals surface area contributed by atoms with Crippen LogP contribution in [-0.2, 0) is 9.53 Å². The van der Waals surface area contributed by atoms with Gasteiger partial charge in [-0.15, -0.1) is 0 Å². The summed E-state index contributed by atoms with van der Waals surface area (Å²) in [4.78, 5) is 16.8. The lowest BCUT2D eigenvalue weighted by Crippen LogP contribution is -2.05. The first-order valence-electron chi connectivity index (χ1n) is 5.31. The Kier molecular flexibility index (Phi) is 5.49. The SMILES string of the molecule is CCOC(=O)/C(=C/c1ccccc1N=[N+]=[N-])N=[N+]=[N-]. The minimum Gasteiger partial charge on any atom is -0.462 e. The number of azide groups is 2. The first-order chi connectivity index (χ1) is 9.22. The molecule has 0 heterocycles. The molecule has 0 fully saturated rings. The van der Waals surface area contributed by atoms with Crippen molar-refractivity contribution >= 4 is 17.7 Å². The van der Waals surface area contributed by atoms with E-state index in [1.54, 1.807) is 31.2 Å². The predicted molar refractivity (Wildman–Crippen MR) is 69.0 cm³/mol. The van der Waals surface area contributed by atoms with E-state index in [9.17, 15) is 4.79 Å². The molecule has 0 atom stereocenters. The highest BCUT2D eigenvalue weighted by Crippen LogP contribution is 2.22. The van der Waals surface area contributed by atoms with Crippen LogP contribution in [0.5, 0.6) is 0 Å². The first kappa shape index (κ1) is 14.1. The lowest BCUT2D eigenvalue weighted by Gasteiger charge is -2.03. The molecule has 1 aromatic rings. The highest BCUT2D eigenvalue weighted by Gasteiger charge is 2.09. The van der Waals surface area contributed by atoms with Crippen LogP contribution in [0.4, 0.5) is 5.69 Å². The van der Waals surface area contributed by atoms with Crippen molar-refractivity contribution in [3.05, 3.63) is 56.4 Å². The van der Waals surface area contributed by atoms with Gasteiger partial charge < -0.3 is 4.74 Å². The van der Waals surface area contributed by atoms with E-state index >= 15 is 0 Å². The fourth-order valence-corrected chi connectivity index (χ4v) is 1.28. The second-order valence-electron chi connectivity index (χ2n) is 3.19. The van der Waals surface area contributed by atoms with E-state index in [0.717, 1.165) is 0 Å². The molecule has 0 aromatic heterocycles. The summed E-state index contributed by atoms with van der Waals surface area (Å²) in [5.74, 6) is -0.740. The van der Waals surface area contributed by atoms with E-state index in [-0.39, 0.29) is 12.3 Å². The molecule has 0 aliphatic heterocycles. The zero-order chi connectivity index (χ0) is 14.1. The number of esters is 1. The number of ether oxygens (including phenoxy) is 1. The highest BCUT2D eigenvalue weighted by atomic mass is 16.5. The molecule has 1 rings (SSSR count). The lowest BCUT2D eigenvalue weighted by molar-refractivity contribution is -0.138. The Morgan fingerprint density at radius 1 is 1.37 bits per heavy atom. The number of carbonyl (C=O) groups is 1. The van der Waals surface area contributed by atoms with E-state index in [1.165, 1.54) is 6.08 Å². The lowest BCUT2D eigenvalue weighted by atomic mass is 10.1. The Bertz CT molecular complexity index is 597. The van der Waals surface area contributed by atoms with Crippen LogP contribution in [0, 0.1) is 0 Å². The number of nitrogens with zero attached hydrogens (tertiary/aromatic N) is 6. The van der Waals surface area contributed by atoms with Gasteiger partial charge in [0.05, 0.1) is 6.61 Å². The van der Waals surface area contributed by atoms with Crippen LogP contribution >= 0.6 is 0 Å². The molecule has 19 heavy (non-hydrogen) atoms. The van der Waals surface area contributed by atoms with Crippen molar-refractivity contribution in [2.45, 2.75) is 6.92 Å². The smallest absolute Gasteiger partial charge is 0.340 e. The van der Waals surface area contributed by atoms with Gasteiger partial charge in [-0.05, 0) is 29.6 Å². The summed E-state index contributed by atoms with van der Waals surface area (Å²) in [5.41, 5.74) is 17.4. The molecule has 0 saturated heterocycles. The van der Waals surface area contributed by atoms with Gasteiger partial charge in [-0.1, -0.05) is 34.5 Å². The third-order valence-corrected chi connectivity index (χ3v) is 2.02. The summed E-state index contributed by atoms with van der Waals surface area (Å²) in [5, 5.41) is 6.75. The summed E-state index contributed by atoms with van der Waals surface area (Å²) in [6.45, 7) is 1.80. The maximum absolute atomic E-state index is 11.5. The van der Waals surface area contributed by atoms with Crippen molar-refractivity contribution in [1.82, 2.24) is 0 Å². The number of hydrogen-bond acceptors (Lipinski definition) is 4. The average molecular weight is 258 g/mol. The van der Waals surface area contributed by atoms with Crippen molar-refractivity contribution in [2.24, 2.45) is 10.2 Å². The Morgan fingerprint density at radius 3 is 2.74 bits per heavy atom. The van der Waals surface area contributed by atoms with Gasteiger partial charge >= 0.3 is 5.97 Å². The summed E-state index contributed by atoms with van der Waals surface area (Å²) in [6.07, 6.45) is 1.31. The van der Waals surface area contributed by atoms with Gasteiger partial charge in [-0.2, -0.15) is 0 Å². The summed E-state index contributed by atoms with van der Waals surface area (Å²) >= 11 is 0. The number of benzene rings is 1. The quantitative estimate of drug-likeness (QED) is 0.261. The van der Waals surface area contributed by atoms with Crippen LogP contribution in [-0.4, -0.2) is 12.6 Å². The molecule has 8 heteroatoms. The minimum absolute atomic E-state index is 0.162. The molecule has 0 saturated carbocycles. The van der Waals surface area contributed by atoms with Crippen LogP contribution < -0.4 is 0 Å². The van der Waals surface area contributed by atoms with E-state index in [0.29, 0.717) is 11.3 Å². The Hall–Kier alpha value is -2.95. The molecular formula is C11H10N6O2. The zero-order valence-electron chi connectivity index (χ0n) is 10.1. The van der Waals surface area contributed by atoms with Crippen molar-refractivity contribution in [2.75, 3.05) is 6.61 Å². The molecule has 1 aromatic carbocycles. The molecule has 0 radical (unpaired) electrons. The molecule has 0 spiro atoms. The number of rotatable bonds is 5. The third-order valence-electron chi connectivity index (χ3n) is 2.02. The van der Waals surface area contributed by atoms with Gasteiger partial charge in [0.15, 0.2) is 0 Å². The first-order valence-corrected chi connectivity index (χ1v) is 5.31. The standard InChI is InChI=1S/C11H10N6O2/c1-2-19-11(18)10(15-17-13)7-8-5-3-4-6-9(8)14-16-12/h3-7H,2H2,1H3/b10-7-. The van der Waals surface area contributed by atoms with Gasteiger partial charge in [0.2, 0.25) is 0 Å². The number of hydrogen-bond donors (Lipinski definition) is 0. The third kappa shape index (κ3) is 4.08. The zero-order valence-corrected chi connectivity index (χ0v) is 10.1. The summed E-state index contributed by atoms with van der Waals surface area (Å²) in [7, 11) is 0. The van der Waals surface area contributed by atoms with Crippen LogP contribution in [0.25, 0.3) is 27.0 Å². The minimum atomic E-state index is -0.740. The second-order valence-corrected chi connectivity index (χ2v) is 3.19. The fourth-order valence-electron chi connectivity index (χ4n) is 1.28. The van der Waals surface area contributed by atoms with Crippen LogP contribution in [0.15, 0.2) is 40.2 Å². The molecule has 0 bridgehead atoms. The van der Waals surface area contributed by atoms with Gasteiger partial charge in [0.1, 0.15) is 5.70 Å². The second kappa shape index (κ2) is 7.39.